The smallest absolute Gasteiger partial charge is 0.269 e. The molecule has 0 radical (unpaired) electrons. The largest absolute Gasteiger partial charge is 0.383 e. The van der Waals surface area contributed by atoms with Crippen LogP contribution in [0.25, 0.3) is 0 Å². The van der Waals surface area contributed by atoms with Gasteiger partial charge in [0.1, 0.15) is 12.4 Å². The summed E-state index contributed by atoms with van der Waals surface area (Å²) in [6.07, 6.45) is 0.364. The van der Waals surface area contributed by atoms with E-state index in [0.717, 1.165) is 10.9 Å². The molecular weight excluding hydrogens is 487 g/mol. The Morgan fingerprint density at radius 1 is 1.22 bits per heavy atom. The van der Waals surface area contributed by atoms with Crippen molar-refractivity contribution in [3.63, 3.8) is 0 Å². The van der Waals surface area contributed by atoms with Crippen LogP contribution >= 0.6 is 11.3 Å². The number of hydrazone groups is 1. The summed E-state index contributed by atoms with van der Waals surface area (Å²) in [6.45, 7) is -0.0495. The lowest BCUT2D eigenvalue weighted by molar-refractivity contribution is -0.385. The third-order valence-electron chi connectivity index (χ3n) is 5.69. The van der Waals surface area contributed by atoms with E-state index in [9.17, 15) is 24.1 Å². The summed E-state index contributed by atoms with van der Waals surface area (Å²) >= 11 is 1.47. The number of nitro groups is 1. The zero-order valence-corrected chi connectivity index (χ0v) is 20.2. The van der Waals surface area contributed by atoms with Gasteiger partial charge in [0.15, 0.2) is 0 Å². The number of carbonyl (C=O) groups is 2. The molecular formula is C25H23FN4O5S. The van der Waals surface area contributed by atoms with Crippen molar-refractivity contribution < 1.29 is 23.6 Å². The predicted octanol–water partition coefficient (Wildman–Crippen LogP) is 4.26. The highest BCUT2D eigenvalue weighted by atomic mass is 32.1. The van der Waals surface area contributed by atoms with Crippen LogP contribution in [0, 0.1) is 15.9 Å². The van der Waals surface area contributed by atoms with Crippen molar-refractivity contribution >= 4 is 34.6 Å². The molecule has 1 aliphatic rings. The van der Waals surface area contributed by atoms with E-state index in [0.29, 0.717) is 17.7 Å². The highest BCUT2D eigenvalue weighted by Gasteiger charge is 2.35. The van der Waals surface area contributed by atoms with E-state index in [1.54, 1.807) is 12.1 Å². The lowest BCUT2D eigenvalue weighted by Crippen LogP contribution is -2.42. The molecule has 0 unspecified atom stereocenters. The molecule has 1 atom stereocenters. The number of ether oxygens (including phenoxy) is 1. The molecule has 2 aromatic carbocycles. The lowest BCUT2D eigenvalue weighted by Gasteiger charge is -2.27. The van der Waals surface area contributed by atoms with E-state index in [-0.39, 0.29) is 30.9 Å². The molecule has 1 aromatic heterocycles. The van der Waals surface area contributed by atoms with Crippen LogP contribution in [0.4, 0.5) is 10.1 Å². The fourth-order valence-corrected chi connectivity index (χ4v) is 4.65. The van der Waals surface area contributed by atoms with Crippen molar-refractivity contribution in [3.8, 4) is 0 Å². The average molecular weight is 511 g/mol. The number of nitrogens with zero attached hydrogens (tertiary/aromatic N) is 4. The van der Waals surface area contributed by atoms with Crippen LogP contribution < -0.4 is 0 Å². The van der Waals surface area contributed by atoms with Crippen LogP contribution in [0.2, 0.25) is 0 Å². The minimum atomic E-state index is -0.581. The normalized spacial score (nSPS) is 15.0. The van der Waals surface area contributed by atoms with Gasteiger partial charge >= 0.3 is 0 Å². The summed E-state index contributed by atoms with van der Waals surface area (Å²) < 4.78 is 18.8. The minimum Gasteiger partial charge on any atom is -0.383 e. The quantitative estimate of drug-likeness (QED) is 0.316. The number of amides is 2. The number of methoxy groups -OCH3 is 1. The third-order valence-corrected chi connectivity index (χ3v) is 6.61. The SMILES string of the molecule is COCCN(CC(=O)N1N=C(c2cccs2)C[C@H]1c1cccc([N+](=O)[O-])c1)C(=O)c1cccc(F)c1. The molecule has 3 aromatic rings. The van der Waals surface area contributed by atoms with Crippen LogP contribution in [0.5, 0.6) is 0 Å². The zero-order chi connectivity index (χ0) is 25.7. The first-order valence-corrected chi connectivity index (χ1v) is 12.0. The third kappa shape index (κ3) is 5.64. The Morgan fingerprint density at radius 2 is 2.03 bits per heavy atom. The van der Waals surface area contributed by atoms with Crippen molar-refractivity contribution in [1.82, 2.24) is 9.91 Å². The topological polar surface area (TPSA) is 105 Å². The number of hydrogen-bond acceptors (Lipinski definition) is 7. The number of non-ortho nitro benzene ring substituents is 1. The number of rotatable bonds is 9. The van der Waals surface area contributed by atoms with Gasteiger partial charge in [-0.15, -0.1) is 11.3 Å². The average Bonchev–Trinajstić information content (AvgIpc) is 3.56. The second kappa shape index (κ2) is 11.2. The molecule has 0 saturated heterocycles. The van der Waals surface area contributed by atoms with Gasteiger partial charge in [0.2, 0.25) is 0 Å². The van der Waals surface area contributed by atoms with Crippen LogP contribution in [0.15, 0.2) is 71.1 Å². The highest BCUT2D eigenvalue weighted by molar-refractivity contribution is 7.12. The molecule has 2 heterocycles. The summed E-state index contributed by atoms with van der Waals surface area (Å²) in [5, 5.41) is 19.1. The highest BCUT2D eigenvalue weighted by Crippen LogP contribution is 2.35. The molecule has 0 bridgehead atoms. The van der Waals surface area contributed by atoms with Crippen LogP contribution in [-0.2, 0) is 9.53 Å². The molecule has 2 amide bonds. The van der Waals surface area contributed by atoms with E-state index in [4.69, 9.17) is 4.74 Å². The van der Waals surface area contributed by atoms with Crippen molar-refractivity contribution in [1.29, 1.82) is 0 Å². The van der Waals surface area contributed by atoms with Gasteiger partial charge in [0, 0.05) is 37.8 Å². The fourth-order valence-electron chi connectivity index (χ4n) is 3.93. The molecule has 0 N–H and O–H groups in total. The Hall–Kier alpha value is -3.96. The van der Waals surface area contributed by atoms with Gasteiger partial charge in [-0.2, -0.15) is 5.10 Å². The Labute approximate surface area is 210 Å². The predicted molar refractivity (Wildman–Crippen MR) is 132 cm³/mol. The first kappa shape index (κ1) is 25.1. The Bertz CT molecular complexity index is 1300. The summed E-state index contributed by atoms with van der Waals surface area (Å²) in [5.41, 5.74) is 1.26. The van der Waals surface area contributed by atoms with Gasteiger partial charge in [-0.25, -0.2) is 9.40 Å². The number of carbonyl (C=O) groups excluding carboxylic acids is 2. The summed E-state index contributed by atoms with van der Waals surface area (Å²) in [4.78, 5) is 39.6. The Balaban J connectivity index is 1.63. The number of thiophene rings is 1. The number of hydrogen-bond donors (Lipinski definition) is 0. The molecule has 0 fully saturated rings. The van der Waals surface area contributed by atoms with E-state index in [2.05, 4.69) is 5.10 Å². The first-order valence-electron chi connectivity index (χ1n) is 11.1. The molecule has 11 heteroatoms. The summed E-state index contributed by atoms with van der Waals surface area (Å²) in [6, 6.07) is 14.5. The molecule has 9 nitrogen and oxygen atoms in total. The van der Waals surface area contributed by atoms with Crippen LogP contribution in [0.1, 0.15) is 33.3 Å². The standard InChI is InChI=1S/C25H23FN4O5S/c1-35-11-10-28(25(32)18-6-2-7-19(26)13-18)16-24(31)29-22(15-21(27-29)23-9-4-12-36-23)17-5-3-8-20(14-17)30(33)34/h2-9,12-14,22H,10-11,15-16H2,1H3/t22-/m0/s1. The van der Waals surface area contributed by atoms with Crippen LogP contribution in [-0.4, -0.2) is 59.2 Å². The second-order valence-electron chi connectivity index (χ2n) is 8.06. The maximum absolute atomic E-state index is 13.7. The molecule has 0 aliphatic carbocycles. The Kier molecular flexibility index (Phi) is 7.81. The van der Waals surface area contributed by atoms with Gasteiger partial charge in [0.05, 0.1) is 28.2 Å². The number of halogens is 1. The van der Waals surface area contributed by atoms with Gasteiger partial charge in [-0.05, 0) is 35.2 Å². The van der Waals surface area contributed by atoms with Crippen LogP contribution in [0.3, 0.4) is 0 Å². The van der Waals surface area contributed by atoms with E-state index >= 15 is 0 Å². The molecule has 186 valence electrons. The first-order chi connectivity index (χ1) is 17.4. The van der Waals surface area contributed by atoms with Gasteiger partial charge in [-0.1, -0.05) is 24.3 Å². The maximum Gasteiger partial charge on any atom is 0.269 e. The van der Waals surface area contributed by atoms with Crippen molar-refractivity contribution in [2.45, 2.75) is 12.5 Å². The fraction of sp³-hybridized carbons (Fsp3) is 0.240. The van der Waals surface area contributed by atoms with Gasteiger partial charge in [0.25, 0.3) is 17.5 Å². The minimum absolute atomic E-state index is 0.0903. The monoisotopic (exact) mass is 510 g/mol. The summed E-state index contributed by atoms with van der Waals surface area (Å²) in [7, 11) is 1.48. The second-order valence-corrected chi connectivity index (χ2v) is 9.01. The molecule has 4 rings (SSSR count). The van der Waals surface area contributed by atoms with E-state index in [1.807, 2.05) is 17.5 Å². The molecule has 0 saturated carbocycles. The van der Waals surface area contributed by atoms with E-state index in [1.165, 1.54) is 58.7 Å². The van der Waals surface area contributed by atoms with Crippen molar-refractivity contribution in [3.05, 3.63) is 98.0 Å². The van der Waals surface area contributed by atoms with Crippen molar-refractivity contribution in [2.75, 3.05) is 26.8 Å². The molecule has 1 aliphatic heterocycles. The van der Waals surface area contributed by atoms with Gasteiger partial charge in [-0.3, -0.25) is 19.7 Å². The van der Waals surface area contributed by atoms with Crippen molar-refractivity contribution in [2.24, 2.45) is 5.10 Å². The van der Waals surface area contributed by atoms with E-state index < -0.39 is 28.6 Å². The zero-order valence-electron chi connectivity index (χ0n) is 19.4. The lowest BCUT2D eigenvalue weighted by atomic mass is 10.0. The Morgan fingerprint density at radius 3 is 2.72 bits per heavy atom. The summed E-state index contributed by atoms with van der Waals surface area (Å²) in [5.74, 6) is -1.55. The number of nitro benzene ring substituents is 1. The maximum atomic E-state index is 13.7. The molecule has 36 heavy (non-hydrogen) atoms. The number of benzene rings is 2. The van der Waals surface area contributed by atoms with Gasteiger partial charge < -0.3 is 9.64 Å². The molecule has 0 spiro atoms.